The van der Waals surface area contributed by atoms with Crippen LogP contribution in [0.5, 0.6) is 0 Å². The summed E-state index contributed by atoms with van der Waals surface area (Å²) in [6, 6.07) is 0. The molecule has 5 nitrogen and oxygen atoms in total. The summed E-state index contributed by atoms with van der Waals surface area (Å²) in [4.78, 5) is 4.61. The zero-order chi connectivity index (χ0) is 12.5. The fourth-order valence-corrected chi connectivity index (χ4v) is 2.30. The molecule has 2 N–H and O–H groups in total. The van der Waals surface area contributed by atoms with E-state index < -0.39 is 0 Å². The van der Waals surface area contributed by atoms with Crippen LogP contribution in [0.15, 0.2) is 11.6 Å². The van der Waals surface area contributed by atoms with Crippen LogP contribution >= 0.6 is 11.3 Å². The topological polar surface area (TPSA) is 69.6 Å². The summed E-state index contributed by atoms with van der Waals surface area (Å²) >= 11 is 1.69. The molecule has 6 heteroatoms. The average molecular weight is 251 g/mol. The SMILES string of the molecule is CC(C)(C)c1nc(Cn2cc(CN)nn2)cs1. The number of nitrogens with two attached hydrogens (primary N) is 1. The molecule has 0 aliphatic heterocycles. The Hall–Kier alpha value is -1.27. The van der Waals surface area contributed by atoms with Gasteiger partial charge in [-0.3, -0.25) is 0 Å². The normalized spacial score (nSPS) is 12.0. The van der Waals surface area contributed by atoms with Crippen molar-refractivity contribution in [1.82, 2.24) is 20.0 Å². The average Bonchev–Trinajstić information content (AvgIpc) is 2.86. The summed E-state index contributed by atoms with van der Waals surface area (Å²) in [5.74, 6) is 0. The maximum absolute atomic E-state index is 5.49. The predicted octanol–water partition coefficient (Wildman–Crippen LogP) is 1.54. The molecular weight excluding hydrogens is 234 g/mol. The molecule has 0 aliphatic carbocycles. The van der Waals surface area contributed by atoms with Gasteiger partial charge in [0, 0.05) is 17.3 Å². The molecule has 0 aromatic carbocycles. The van der Waals surface area contributed by atoms with E-state index in [1.165, 1.54) is 0 Å². The molecule has 0 radical (unpaired) electrons. The molecule has 0 aliphatic rings. The number of thiazole rings is 1. The minimum atomic E-state index is 0.105. The van der Waals surface area contributed by atoms with Gasteiger partial charge < -0.3 is 5.73 Å². The molecule has 17 heavy (non-hydrogen) atoms. The van der Waals surface area contributed by atoms with Crippen LogP contribution in [0, 0.1) is 0 Å². The Morgan fingerprint density at radius 2 is 2.12 bits per heavy atom. The molecule has 2 aromatic heterocycles. The molecule has 0 saturated carbocycles. The van der Waals surface area contributed by atoms with Gasteiger partial charge >= 0.3 is 0 Å². The Balaban J connectivity index is 2.11. The molecule has 0 amide bonds. The lowest BCUT2D eigenvalue weighted by atomic mass is 9.98. The summed E-state index contributed by atoms with van der Waals surface area (Å²) < 4.78 is 1.77. The minimum Gasteiger partial charge on any atom is -0.325 e. The van der Waals surface area contributed by atoms with Crippen LogP contribution in [0.2, 0.25) is 0 Å². The van der Waals surface area contributed by atoms with Crippen LogP contribution in [0.3, 0.4) is 0 Å². The lowest BCUT2D eigenvalue weighted by Crippen LogP contribution is -2.11. The van der Waals surface area contributed by atoms with Crippen molar-refractivity contribution in [3.8, 4) is 0 Å². The molecular formula is C11H17N5S. The van der Waals surface area contributed by atoms with E-state index in [2.05, 4.69) is 41.4 Å². The molecule has 92 valence electrons. The molecule has 2 rings (SSSR count). The summed E-state index contributed by atoms with van der Waals surface area (Å²) in [6.45, 7) is 7.57. The van der Waals surface area contributed by atoms with E-state index in [0.717, 1.165) is 16.4 Å². The second kappa shape index (κ2) is 4.54. The highest BCUT2D eigenvalue weighted by atomic mass is 32.1. The van der Waals surface area contributed by atoms with Gasteiger partial charge in [-0.2, -0.15) is 0 Å². The molecule has 0 fully saturated rings. The van der Waals surface area contributed by atoms with Crippen molar-refractivity contribution in [3.05, 3.63) is 28.0 Å². The Kier molecular flexibility index (Phi) is 3.26. The standard InChI is InChI=1S/C11H17N5S/c1-11(2,3)10-13-9(7-17-10)6-16-5-8(4-12)14-15-16/h5,7H,4,6,12H2,1-3H3. The maximum atomic E-state index is 5.49. The van der Waals surface area contributed by atoms with Gasteiger partial charge in [-0.15, -0.1) is 16.4 Å². The highest BCUT2D eigenvalue weighted by molar-refractivity contribution is 7.09. The first-order chi connectivity index (χ1) is 7.99. The Morgan fingerprint density at radius 1 is 1.35 bits per heavy atom. The van der Waals surface area contributed by atoms with Crippen molar-refractivity contribution in [1.29, 1.82) is 0 Å². The number of rotatable bonds is 3. The van der Waals surface area contributed by atoms with Gasteiger partial charge in [0.1, 0.15) is 0 Å². The van der Waals surface area contributed by atoms with Gasteiger partial charge in [-0.1, -0.05) is 26.0 Å². The summed E-state index contributed by atoms with van der Waals surface area (Å²) in [5, 5.41) is 11.2. The lowest BCUT2D eigenvalue weighted by molar-refractivity contribution is 0.577. The van der Waals surface area contributed by atoms with E-state index in [-0.39, 0.29) is 5.41 Å². The Bertz CT molecular complexity index is 494. The van der Waals surface area contributed by atoms with E-state index in [9.17, 15) is 0 Å². The van der Waals surface area contributed by atoms with Crippen LogP contribution in [0.4, 0.5) is 0 Å². The quantitative estimate of drug-likeness (QED) is 0.898. The lowest BCUT2D eigenvalue weighted by Gasteiger charge is -2.13. The molecule has 0 saturated heterocycles. The van der Waals surface area contributed by atoms with Crippen molar-refractivity contribution < 1.29 is 0 Å². The van der Waals surface area contributed by atoms with Crippen LogP contribution < -0.4 is 5.73 Å². The van der Waals surface area contributed by atoms with Crippen LogP contribution in [-0.4, -0.2) is 20.0 Å². The van der Waals surface area contributed by atoms with E-state index in [1.807, 2.05) is 6.20 Å². The molecule has 2 aromatic rings. The van der Waals surface area contributed by atoms with E-state index >= 15 is 0 Å². The van der Waals surface area contributed by atoms with Crippen LogP contribution in [0.25, 0.3) is 0 Å². The first-order valence-electron chi connectivity index (χ1n) is 5.53. The van der Waals surface area contributed by atoms with Gasteiger partial charge in [0.05, 0.1) is 29.1 Å². The zero-order valence-electron chi connectivity index (χ0n) is 10.3. The first kappa shape index (κ1) is 12.2. The highest BCUT2D eigenvalue weighted by Crippen LogP contribution is 2.25. The molecule has 2 heterocycles. The monoisotopic (exact) mass is 251 g/mol. The number of nitrogens with zero attached hydrogens (tertiary/aromatic N) is 4. The molecule has 0 unspecified atom stereocenters. The minimum absolute atomic E-state index is 0.105. The van der Waals surface area contributed by atoms with E-state index in [1.54, 1.807) is 16.0 Å². The zero-order valence-corrected chi connectivity index (χ0v) is 11.2. The van der Waals surface area contributed by atoms with Crippen molar-refractivity contribution in [2.75, 3.05) is 0 Å². The van der Waals surface area contributed by atoms with Crippen LogP contribution in [-0.2, 0) is 18.5 Å². The fraction of sp³-hybridized carbons (Fsp3) is 0.545. The van der Waals surface area contributed by atoms with Gasteiger partial charge in [-0.05, 0) is 0 Å². The second-order valence-corrected chi connectivity index (χ2v) is 5.86. The smallest absolute Gasteiger partial charge is 0.0982 e. The highest BCUT2D eigenvalue weighted by Gasteiger charge is 2.18. The predicted molar refractivity (Wildman–Crippen MR) is 67.8 cm³/mol. The molecule has 0 atom stereocenters. The Morgan fingerprint density at radius 3 is 2.65 bits per heavy atom. The maximum Gasteiger partial charge on any atom is 0.0982 e. The summed E-state index contributed by atoms with van der Waals surface area (Å²) in [5.41, 5.74) is 7.42. The third-order valence-electron chi connectivity index (χ3n) is 2.31. The third-order valence-corrected chi connectivity index (χ3v) is 3.63. The summed E-state index contributed by atoms with van der Waals surface area (Å²) in [6.07, 6.45) is 1.86. The number of hydrogen-bond donors (Lipinski definition) is 1. The molecule has 0 spiro atoms. The number of hydrogen-bond acceptors (Lipinski definition) is 5. The van der Waals surface area contributed by atoms with Crippen molar-refractivity contribution >= 4 is 11.3 Å². The summed E-state index contributed by atoms with van der Waals surface area (Å²) in [7, 11) is 0. The first-order valence-corrected chi connectivity index (χ1v) is 6.41. The van der Waals surface area contributed by atoms with Gasteiger partial charge in [-0.25, -0.2) is 9.67 Å². The number of aromatic nitrogens is 4. The second-order valence-electron chi connectivity index (χ2n) is 5.01. The van der Waals surface area contributed by atoms with Gasteiger partial charge in [0.25, 0.3) is 0 Å². The molecule has 0 bridgehead atoms. The van der Waals surface area contributed by atoms with Gasteiger partial charge in [0.2, 0.25) is 0 Å². The van der Waals surface area contributed by atoms with E-state index in [0.29, 0.717) is 13.1 Å². The van der Waals surface area contributed by atoms with Crippen LogP contribution in [0.1, 0.15) is 37.2 Å². The van der Waals surface area contributed by atoms with Gasteiger partial charge in [0.15, 0.2) is 0 Å². The largest absolute Gasteiger partial charge is 0.325 e. The Labute approximate surface area is 105 Å². The van der Waals surface area contributed by atoms with Crippen molar-refractivity contribution in [2.45, 2.75) is 39.3 Å². The van der Waals surface area contributed by atoms with Crippen molar-refractivity contribution in [2.24, 2.45) is 5.73 Å². The third kappa shape index (κ3) is 2.89. The fourth-order valence-electron chi connectivity index (χ4n) is 1.40. The van der Waals surface area contributed by atoms with E-state index in [4.69, 9.17) is 5.73 Å². The van der Waals surface area contributed by atoms with Crippen molar-refractivity contribution in [3.63, 3.8) is 0 Å².